The second-order valence-corrected chi connectivity index (χ2v) is 6.11. The predicted octanol–water partition coefficient (Wildman–Crippen LogP) is 2.18. The fourth-order valence-corrected chi connectivity index (χ4v) is 1.90. The van der Waals surface area contributed by atoms with Crippen LogP contribution in [0.15, 0.2) is 12.7 Å². The maximum atomic E-state index is 10.9. The van der Waals surface area contributed by atoms with Gasteiger partial charge in [0.05, 0.1) is 6.61 Å². The summed E-state index contributed by atoms with van der Waals surface area (Å²) in [6.07, 6.45) is 4.85. The van der Waals surface area contributed by atoms with Crippen molar-refractivity contribution in [3.05, 3.63) is 12.7 Å². The average molecular weight is 234 g/mol. The van der Waals surface area contributed by atoms with Crippen LogP contribution in [0.4, 0.5) is 0 Å². The maximum Gasteiger partial charge on any atom is 0.330 e. The molecule has 88 valence electrons. The van der Waals surface area contributed by atoms with E-state index in [1.807, 2.05) is 0 Å². The molecule has 1 atom stereocenters. The molecule has 0 heterocycles. The Morgan fingerprint density at radius 3 is 2.53 bits per heavy atom. The van der Waals surface area contributed by atoms with Gasteiger partial charge in [-0.05, 0) is 12.8 Å². The van der Waals surface area contributed by atoms with Gasteiger partial charge in [0.2, 0.25) is 0 Å². The van der Waals surface area contributed by atoms with E-state index in [0.717, 1.165) is 31.8 Å². The van der Waals surface area contributed by atoms with Gasteiger partial charge in [0, 0.05) is 18.9 Å². The summed E-state index contributed by atoms with van der Waals surface area (Å²) in [5.74, 6) is -0.400. The lowest BCUT2D eigenvalue weighted by atomic mass is 10.2. The van der Waals surface area contributed by atoms with Crippen LogP contribution in [0.5, 0.6) is 0 Å². The van der Waals surface area contributed by atoms with E-state index in [0.29, 0.717) is 12.8 Å². The first-order chi connectivity index (χ1) is 6.95. The minimum absolute atomic E-state index is 0.374. The molecule has 0 saturated heterocycles. The summed E-state index contributed by atoms with van der Waals surface area (Å²) in [5, 5.41) is 0. The van der Waals surface area contributed by atoms with E-state index in [-0.39, 0.29) is 0 Å². The van der Waals surface area contributed by atoms with Crippen molar-refractivity contribution in [2.24, 2.45) is 0 Å². The largest absolute Gasteiger partial charge is 0.463 e. The quantitative estimate of drug-likeness (QED) is 0.302. The molecule has 0 aromatic rings. The SMILES string of the molecule is C=CC(=O)OCCCCCCP(C)(=O)O. The molecule has 0 amide bonds. The Kier molecular flexibility index (Phi) is 7.35. The normalized spacial score (nSPS) is 14.3. The summed E-state index contributed by atoms with van der Waals surface area (Å²) >= 11 is 0. The molecule has 0 rings (SSSR count). The van der Waals surface area contributed by atoms with E-state index in [1.165, 1.54) is 6.66 Å². The summed E-state index contributed by atoms with van der Waals surface area (Å²) in [4.78, 5) is 19.6. The van der Waals surface area contributed by atoms with Gasteiger partial charge in [-0.25, -0.2) is 4.79 Å². The number of rotatable bonds is 8. The Morgan fingerprint density at radius 1 is 1.40 bits per heavy atom. The monoisotopic (exact) mass is 234 g/mol. The molecule has 0 spiro atoms. The molecule has 1 N–H and O–H groups in total. The fraction of sp³-hybridized carbons (Fsp3) is 0.700. The first-order valence-corrected chi connectivity index (χ1v) is 7.33. The smallest absolute Gasteiger partial charge is 0.330 e. The highest BCUT2D eigenvalue weighted by Gasteiger charge is 2.07. The third-order valence-electron chi connectivity index (χ3n) is 1.88. The number of ether oxygens (including phenoxy) is 1. The number of hydrogen-bond donors (Lipinski definition) is 1. The van der Waals surface area contributed by atoms with Gasteiger partial charge in [-0.3, -0.25) is 4.57 Å². The van der Waals surface area contributed by atoms with Gasteiger partial charge < -0.3 is 9.63 Å². The lowest BCUT2D eigenvalue weighted by molar-refractivity contribution is -0.137. The van der Waals surface area contributed by atoms with Crippen molar-refractivity contribution >= 4 is 13.3 Å². The van der Waals surface area contributed by atoms with E-state index in [2.05, 4.69) is 6.58 Å². The molecular weight excluding hydrogens is 215 g/mol. The average Bonchev–Trinajstić information content (AvgIpc) is 2.14. The van der Waals surface area contributed by atoms with Gasteiger partial charge in [0.1, 0.15) is 0 Å². The van der Waals surface area contributed by atoms with E-state index in [1.54, 1.807) is 0 Å². The zero-order valence-electron chi connectivity index (χ0n) is 9.15. The van der Waals surface area contributed by atoms with Crippen molar-refractivity contribution in [2.75, 3.05) is 19.4 Å². The minimum atomic E-state index is -2.84. The molecule has 1 unspecified atom stereocenters. The molecule has 0 fully saturated rings. The molecule has 0 saturated carbocycles. The van der Waals surface area contributed by atoms with Crippen LogP contribution >= 0.6 is 7.37 Å². The molecule has 0 aromatic heterocycles. The van der Waals surface area contributed by atoms with Crippen LogP contribution in [-0.2, 0) is 14.1 Å². The summed E-state index contributed by atoms with van der Waals surface area (Å²) in [5.41, 5.74) is 0. The molecule has 0 radical (unpaired) electrons. The van der Waals surface area contributed by atoms with E-state index in [9.17, 15) is 9.36 Å². The number of esters is 1. The van der Waals surface area contributed by atoms with Gasteiger partial charge in [0.15, 0.2) is 7.37 Å². The number of unbranched alkanes of at least 4 members (excludes halogenated alkanes) is 3. The molecule has 5 heteroatoms. The Labute approximate surface area is 90.8 Å². The Balaban J connectivity index is 3.22. The molecule has 0 aromatic carbocycles. The molecule has 0 bridgehead atoms. The van der Waals surface area contributed by atoms with Gasteiger partial charge in [-0.15, -0.1) is 0 Å². The highest BCUT2D eigenvalue weighted by atomic mass is 31.2. The standard InChI is InChI=1S/C10H19O4P/c1-3-10(11)14-8-6-4-5-7-9-15(2,12)13/h3H,1,4-9H2,2H3,(H,12,13). The van der Waals surface area contributed by atoms with Crippen molar-refractivity contribution in [2.45, 2.75) is 25.7 Å². The van der Waals surface area contributed by atoms with Gasteiger partial charge >= 0.3 is 5.97 Å². The lowest BCUT2D eigenvalue weighted by Crippen LogP contribution is -2.01. The van der Waals surface area contributed by atoms with Crippen LogP contribution in [0, 0.1) is 0 Å². The zero-order chi connectivity index (χ0) is 11.7. The summed E-state index contributed by atoms with van der Waals surface area (Å²) in [7, 11) is -2.84. The molecule has 0 aliphatic rings. The van der Waals surface area contributed by atoms with Crippen molar-refractivity contribution in [1.82, 2.24) is 0 Å². The van der Waals surface area contributed by atoms with Crippen molar-refractivity contribution in [3.63, 3.8) is 0 Å². The first kappa shape index (κ1) is 14.4. The van der Waals surface area contributed by atoms with Gasteiger partial charge in [0.25, 0.3) is 0 Å². The van der Waals surface area contributed by atoms with Crippen molar-refractivity contribution in [1.29, 1.82) is 0 Å². The van der Waals surface area contributed by atoms with Crippen LogP contribution in [-0.4, -0.2) is 30.3 Å². The van der Waals surface area contributed by atoms with Crippen LogP contribution in [0.3, 0.4) is 0 Å². The summed E-state index contributed by atoms with van der Waals surface area (Å²) in [6, 6.07) is 0. The second kappa shape index (κ2) is 7.66. The Hall–Kier alpha value is -0.600. The van der Waals surface area contributed by atoms with E-state index < -0.39 is 13.3 Å². The van der Waals surface area contributed by atoms with E-state index in [4.69, 9.17) is 9.63 Å². The first-order valence-electron chi connectivity index (χ1n) is 5.04. The third-order valence-corrected chi connectivity index (χ3v) is 3.02. The molecule has 0 aliphatic carbocycles. The second-order valence-electron chi connectivity index (χ2n) is 3.56. The highest BCUT2D eigenvalue weighted by Crippen LogP contribution is 2.36. The summed E-state index contributed by atoms with van der Waals surface area (Å²) in [6.45, 7) is 5.05. The molecule has 15 heavy (non-hydrogen) atoms. The molecule has 4 nitrogen and oxygen atoms in total. The molecule has 0 aliphatic heterocycles. The Bertz CT molecular complexity index is 244. The van der Waals surface area contributed by atoms with Crippen LogP contribution in [0.1, 0.15) is 25.7 Å². The van der Waals surface area contributed by atoms with Crippen LogP contribution in [0.2, 0.25) is 0 Å². The molecular formula is C10H19O4P. The minimum Gasteiger partial charge on any atom is -0.463 e. The third kappa shape index (κ3) is 11.3. The lowest BCUT2D eigenvalue weighted by Gasteiger charge is -2.04. The summed E-state index contributed by atoms with van der Waals surface area (Å²) < 4.78 is 15.7. The van der Waals surface area contributed by atoms with Gasteiger partial charge in [-0.1, -0.05) is 19.4 Å². The highest BCUT2D eigenvalue weighted by molar-refractivity contribution is 7.57. The van der Waals surface area contributed by atoms with Crippen molar-refractivity contribution in [3.8, 4) is 0 Å². The van der Waals surface area contributed by atoms with Crippen LogP contribution in [0.25, 0.3) is 0 Å². The number of carbonyl (C=O) groups is 1. The predicted molar refractivity (Wildman–Crippen MR) is 60.2 cm³/mol. The van der Waals surface area contributed by atoms with Crippen molar-refractivity contribution < 1.29 is 19.0 Å². The number of carbonyl (C=O) groups excluding carboxylic acids is 1. The topological polar surface area (TPSA) is 63.6 Å². The fourth-order valence-electron chi connectivity index (χ4n) is 1.09. The number of hydrogen-bond acceptors (Lipinski definition) is 3. The van der Waals surface area contributed by atoms with Gasteiger partial charge in [-0.2, -0.15) is 0 Å². The van der Waals surface area contributed by atoms with Crippen LogP contribution < -0.4 is 0 Å². The maximum absolute atomic E-state index is 10.9. The zero-order valence-corrected chi connectivity index (χ0v) is 10.0. The van der Waals surface area contributed by atoms with E-state index >= 15 is 0 Å². The Morgan fingerprint density at radius 2 is 2.00 bits per heavy atom.